The molecule has 124 valence electrons. The highest BCUT2D eigenvalue weighted by Crippen LogP contribution is 2.53. The molecule has 0 N–H and O–H groups in total. The second kappa shape index (κ2) is 5.94. The van der Waals surface area contributed by atoms with Crippen LogP contribution in [0.25, 0.3) is 0 Å². The Morgan fingerprint density at radius 3 is 2.70 bits per heavy atom. The molecule has 1 aliphatic heterocycles. The SMILES string of the molecule is COC(=O)c1ccc2c(c1)CCN(C1CC3(CCCCC3)C1)C2. The summed E-state index contributed by atoms with van der Waals surface area (Å²) in [5.41, 5.74) is 4.12. The van der Waals surface area contributed by atoms with Gasteiger partial charge in [-0.1, -0.05) is 25.3 Å². The van der Waals surface area contributed by atoms with Crippen molar-refractivity contribution in [1.82, 2.24) is 4.90 Å². The van der Waals surface area contributed by atoms with Crippen LogP contribution in [0.1, 0.15) is 66.4 Å². The number of hydrogen-bond donors (Lipinski definition) is 0. The molecule has 1 aromatic carbocycles. The van der Waals surface area contributed by atoms with Crippen molar-refractivity contribution in [3.05, 3.63) is 34.9 Å². The zero-order valence-corrected chi connectivity index (χ0v) is 14.1. The van der Waals surface area contributed by atoms with E-state index in [4.69, 9.17) is 4.74 Å². The van der Waals surface area contributed by atoms with Crippen molar-refractivity contribution in [2.24, 2.45) is 5.41 Å². The van der Waals surface area contributed by atoms with Crippen LogP contribution in [0.15, 0.2) is 18.2 Å². The Morgan fingerprint density at radius 1 is 1.17 bits per heavy atom. The summed E-state index contributed by atoms with van der Waals surface area (Å²) >= 11 is 0. The van der Waals surface area contributed by atoms with E-state index in [1.807, 2.05) is 12.1 Å². The smallest absolute Gasteiger partial charge is 0.337 e. The van der Waals surface area contributed by atoms with E-state index in [0.717, 1.165) is 25.6 Å². The number of ether oxygens (including phenoxy) is 1. The average Bonchev–Trinajstić information content (AvgIpc) is 2.58. The van der Waals surface area contributed by atoms with Crippen molar-refractivity contribution in [3.63, 3.8) is 0 Å². The molecule has 3 heteroatoms. The molecule has 3 aliphatic rings. The van der Waals surface area contributed by atoms with Gasteiger partial charge in [0.05, 0.1) is 12.7 Å². The number of hydrogen-bond acceptors (Lipinski definition) is 3. The molecule has 2 fully saturated rings. The first-order valence-electron chi connectivity index (χ1n) is 9.13. The molecule has 1 aromatic rings. The first kappa shape index (κ1) is 15.2. The van der Waals surface area contributed by atoms with E-state index >= 15 is 0 Å². The number of methoxy groups -OCH3 is 1. The number of rotatable bonds is 2. The van der Waals surface area contributed by atoms with Crippen LogP contribution in [0.5, 0.6) is 0 Å². The van der Waals surface area contributed by atoms with Crippen molar-refractivity contribution < 1.29 is 9.53 Å². The quantitative estimate of drug-likeness (QED) is 0.774. The Kier molecular flexibility index (Phi) is 3.92. The lowest BCUT2D eigenvalue weighted by atomic mass is 9.58. The molecule has 4 rings (SSSR count). The molecule has 1 heterocycles. The fraction of sp³-hybridized carbons (Fsp3) is 0.650. The van der Waals surface area contributed by atoms with Crippen LogP contribution < -0.4 is 0 Å². The largest absolute Gasteiger partial charge is 0.465 e. The van der Waals surface area contributed by atoms with Gasteiger partial charge in [0.15, 0.2) is 0 Å². The molecule has 23 heavy (non-hydrogen) atoms. The third kappa shape index (κ3) is 2.80. The van der Waals surface area contributed by atoms with Crippen molar-refractivity contribution in [2.75, 3.05) is 13.7 Å². The predicted octanol–water partition coefficient (Wildman–Crippen LogP) is 3.94. The summed E-state index contributed by atoms with van der Waals surface area (Å²) in [4.78, 5) is 14.3. The molecule has 0 unspecified atom stereocenters. The van der Waals surface area contributed by atoms with Gasteiger partial charge in [0.25, 0.3) is 0 Å². The monoisotopic (exact) mass is 313 g/mol. The fourth-order valence-electron chi connectivity index (χ4n) is 5.04. The van der Waals surface area contributed by atoms with Crippen LogP contribution in [-0.4, -0.2) is 30.6 Å². The van der Waals surface area contributed by atoms with Crippen LogP contribution in [0, 0.1) is 5.41 Å². The average molecular weight is 313 g/mol. The van der Waals surface area contributed by atoms with E-state index in [0.29, 0.717) is 11.0 Å². The molecule has 0 atom stereocenters. The van der Waals surface area contributed by atoms with Gasteiger partial charge in [0, 0.05) is 19.1 Å². The first-order valence-corrected chi connectivity index (χ1v) is 9.13. The maximum Gasteiger partial charge on any atom is 0.337 e. The second-order valence-corrected chi connectivity index (χ2v) is 7.82. The van der Waals surface area contributed by atoms with Crippen molar-refractivity contribution >= 4 is 5.97 Å². The summed E-state index contributed by atoms with van der Waals surface area (Å²) in [5.74, 6) is -0.228. The van der Waals surface area contributed by atoms with E-state index in [1.54, 1.807) is 0 Å². The van der Waals surface area contributed by atoms with E-state index < -0.39 is 0 Å². The van der Waals surface area contributed by atoms with Gasteiger partial charge in [-0.05, 0) is 60.8 Å². The Balaban J connectivity index is 1.41. The van der Waals surface area contributed by atoms with Crippen molar-refractivity contribution in [1.29, 1.82) is 0 Å². The standard InChI is InChI=1S/C20H27NO2/c1-23-19(22)16-5-6-17-14-21(10-7-15(17)11-16)18-12-20(13-18)8-3-2-4-9-20/h5-6,11,18H,2-4,7-10,12-14H2,1H3. The number of nitrogens with zero attached hydrogens (tertiary/aromatic N) is 1. The lowest BCUT2D eigenvalue weighted by Crippen LogP contribution is -2.52. The zero-order valence-electron chi connectivity index (χ0n) is 14.1. The van der Waals surface area contributed by atoms with Gasteiger partial charge in [-0.15, -0.1) is 0 Å². The molecule has 0 radical (unpaired) electrons. The third-order valence-electron chi connectivity index (χ3n) is 6.44. The molecule has 2 saturated carbocycles. The minimum atomic E-state index is -0.228. The van der Waals surface area contributed by atoms with Gasteiger partial charge in [0.2, 0.25) is 0 Å². The Labute approximate surface area is 139 Å². The molecule has 3 nitrogen and oxygen atoms in total. The number of carbonyl (C=O) groups excluding carboxylic acids is 1. The van der Waals surface area contributed by atoms with Gasteiger partial charge < -0.3 is 4.74 Å². The van der Waals surface area contributed by atoms with Crippen LogP contribution in [0.2, 0.25) is 0 Å². The summed E-state index contributed by atoms with van der Waals surface area (Å²) in [7, 11) is 1.45. The van der Waals surface area contributed by atoms with E-state index in [1.165, 1.54) is 63.2 Å². The highest BCUT2D eigenvalue weighted by Gasteiger charge is 2.46. The van der Waals surface area contributed by atoms with Crippen LogP contribution in [0.4, 0.5) is 0 Å². The summed E-state index contributed by atoms with van der Waals surface area (Å²) in [6.45, 7) is 2.19. The van der Waals surface area contributed by atoms with Gasteiger partial charge in [-0.25, -0.2) is 4.79 Å². The highest BCUT2D eigenvalue weighted by atomic mass is 16.5. The molecule has 0 bridgehead atoms. The summed E-state index contributed by atoms with van der Waals surface area (Å²) in [6, 6.07) is 6.86. The Hall–Kier alpha value is -1.35. The van der Waals surface area contributed by atoms with Gasteiger partial charge in [-0.2, -0.15) is 0 Å². The van der Waals surface area contributed by atoms with Crippen molar-refractivity contribution in [2.45, 2.75) is 64.0 Å². The van der Waals surface area contributed by atoms with Crippen molar-refractivity contribution in [3.8, 4) is 0 Å². The third-order valence-corrected chi connectivity index (χ3v) is 6.44. The molecule has 0 amide bonds. The lowest BCUT2D eigenvalue weighted by molar-refractivity contribution is -0.0307. The Bertz CT molecular complexity index is 596. The number of benzene rings is 1. The summed E-state index contributed by atoms with van der Waals surface area (Å²) < 4.78 is 4.83. The van der Waals surface area contributed by atoms with Gasteiger partial charge in [-0.3, -0.25) is 4.90 Å². The molecular weight excluding hydrogens is 286 g/mol. The van der Waals surface area contributed by atoms with E-state index in [9.17, 15) is 4.79 Å². The van der Waals surface area contributed by atoms with Gasteiger partial charge in [0.1, 0.15) is 0 Å². The number of fused-ring (bicyclic) bond motifs is 1. The maximum absolute atomic E-state index is 11.7. The lowest BCUT2D eigenvalue weighted by Gasteiger charge is -2.54. The first-order chi connectivity index (χ1) is 11.2. The summed E-state index contributed by atoms with van der Waals surface area (Å²) in [6.07, 6.45) is 11.2. The predicted molar refractivity (Wildman–Crippen MR) is 90.4 cm³/mol. The topological polar surface area (TPSA) is 29.5 Å². The molecule has 2 aliphatic carbocycles. The Morgan fingerprint density at radius 2 is 1.96 bits per heavy atom. The normalized spacial score (nSPS) is 24.0. The molecule has 0 aromatic heterocycles. The van der Waals surface area contributed by atoms with Crippen LogP contribution >= 0.6 is 0 Å². The number of esters is 1. The number of carbonyl (C=O) groups is 1. The second-order valence-electron chi connectivity index (χ2n) is 7.82. The summed E-state index contributed by atoms with van der Waals surface area (Å²) in [5, 5.41) is 0. The minimum absolute atomic E-state index is 0.228. The van der Waals surface area contributed by atoms with Gasteiger partial charge >= 0.3 is 5.97 Å². The van der Waals surface area contributed by atoms with Crippen LogP contribution in [-0.2, 0) is 17.7 Å². The zero-order chi connectivity index (χ0) is 15.9. The van der Waals surface area contributed by atoms with E-state index in [-0.39, 0.29) is 5.97 Å². The molecular formula is C20H27NO2. The van der Waals surface area contributed by atoms with Crippen LogP contribution in [0.3, 0.4) is 0 Å². The minimum Gasteiger partial charge on any atom is -0.465 e. The maximum atomic E-state index is 11.7. The molecule has 0 saturated heterocycles. The fourth-order valence-corrected chi connectivity index (χ4v) is 5.04. The highest BCUT2D eigenvalue weighted by molar-refractivity contribution is 5.89. The van der Waals surface area contributed by atoms with E-state index in [2.05, 4.69) is 11.0 Å². The molecule has 1 spiro atoms.